The van der Waals surface area contributed by atoms with Crippen molar-refractivity contribution < 1.29 is 17.8 Å². The lowest BCUT2D eigenvalue weighted by Gasteiger charge is -2.01. The third-order valence-electron chi connectivity index (χ3n) is 1.52. The topological polar surface area (TPSA) is 109 Å². The van der Waals surface area contributed by atoms with E-state index in [0.29, 0.717) is 25.1 Å². The van der Waals surface area contributed by atoms with E-state index in [-0.39, 0.29) is 11.7 Å². The van der Waals surface area contributed by atoms with E-state index in [0.717, 1.165) is 6.42 Å². The fourth-order valence-electron chi connectivity index (χ4n) is 0.713. The Morgan fingerprint density at radius 1 is 1.47 bits per heavy atom. The largest absolute Gasteiger partial charge is 0.352 e. The first-order chi connectivity index (χ1) is 7.74. The quantitative estimate of drug-likeness (QED) is 0.364. The maximum Gasteiger partial charge on any atom is 0.264 e. The summed E-state index contributed by atoms with van der Waals surface area (Å²) in [7, 11) is -3.67. The summed E-state index contributed by atoms with van der Waals surface area (Å²) in [5.41, 5.74) is 5.76. The zero-order valence-electron chi connectivity index (χ0n) is 10.4. The first-order valence-corrected chi connectivity index (χ1v) is 6.94. The second kappa shape index (κ2) is 10.2. The van der Waals surface area contributed by atoms with Gasteiger partial charge in [0.05, 0.1) is 5.75 Å². The molecule has 0 aliphatic heterocycles. The van der Waals surface area contributed by atoms with Crippen molar-refractivity contribution in [2.24, 2.45) is 5.73 Å². The SMILES string of the molecule is C=C(C)C(=O)NCCCN.CCCS(=O)(=O)O. The number of nitrogens with two attached hydrogens (primary N) is 1. The van der Waals surface area contributed by atoms with Crippen LogP contribution in [-0.4, -0.2) is 37.7 Å². The third kappa shape index (κ3) is 17.7. The van der Waals surface area contributed by atoms with Crippen LogP contribution in [0.25, 0.3) is 0 Å². The van der Waals surface area contributed by atoms with Gasteiger partial charge < -0.3 is 11.1 Å². The minimum absolute atomic E-state index is 0.0894. The highest BCUT2D eigenvalue weighted by atomic mass is 32.2. The van der Waals surface area contributed by atoms with Crippen LogP contribution < -0.4 is 11.1 Å². The molecule has 0 spiro atoms. The van der Waals surface area contributed by atoms with Crippen molar-refractivity contribution in [1.29, 1.82) is 0 Å². The van der Waals surface area contributed by atoms with E-state index in [1.165, 1.54) is 0 Å². The first-order valence-electron chi connectivity index (χ1n) is 5.33. The average molecular weight is 266 g/mol. The molecule has 0 fully saturated rings. The van der Waals surface area contributed by atoms with E-state index in [1.54, 1.807) is 13.8 Å². The minimum Gasteiger partial charge on any atom is -0.352 e. The van der Waals surface area contributed by atoms with Crippen molar-refractivity contribution in [2.75, 3.05) is 18.8 Å². The highest BCUT2D eigenvalue weighted by Crippen LogP contribution is 1.84. The predicted molar refractivity (Wildman–Crippen MR) is 68.2 cm³/mol. The molecule has 0 radical (unpaired) electrons. The number of carbonyl (C=O) groups excluding carboxylic acids is 1. The lowest BCUT2D eigenvalue weighted by atomic mass is 10.3. The highest BCUT2D eigenvalue weighted by Gasteiger charge is 1.98. The van der Waals surface area contributed by atoms with E-state index in [2.05, 4.69) is 11.9 Å². The molecular formula is C10H22N2O4S. The Balaban J connectivity index is 0. The molecule has 17 heavy (non-hydrogen) atoms. The Labute approximate surface area is 103 Å². The molecule has 6 nitrogen and oxygen atoms in total. The van der Waals surface area contributed by atoms with Crippen molar-refractivity contribution in [3.8, 4) is 0 Å². The van der Waals surface area contributed by atoms with Crippen LogP contribution in [0.1, 0.15) is 26.7 Å². The number of nitrogens with one attached hydrogen (secondary N) is 1. The van der Waals surface area contributed by atoms with Crippen LogP contribution in [0.15, 0.2) is 12.2 Å². The Morgan fingerprint density at radius 3 is 2.24 bits per heavy atom. The van der Waals surface area contributed by atoms with Crippen LogP contribution in [0.4, 0.5) is 0 Å². The van der Waals surface area contributed by atoms with Gasteiger partial charge in [-0.2, -0.15) is 8.42 Å². The summed E-state index contributed by atoms with van der Waals surface area (Å²) >= 11 is 0. The van der Waals surface area contributed by atoms with E-state index in [1.807, 2.05) is 0 Å². The average Bonchev–Trinajstić information content (AvgIpc) is 2.16. The molecule has 4 N–H and O–H groups in total. The molecule has 0 saturated heterocycles. The number of amides is 1. The van der Waals surface area contributed by atoms with Gasteiger partial charge in [0.15, 0.2) is 0 Å². The van der Waals surface area contributed by atoms with Crippen molar-refractivity contribution in [1.82, 2.24) is 5.32 Å². The van der Waals surface area contributed by atoms with Crippen LogP contribution in [0.5, 0.6) is 0 Å². The monoisotopic (exact) mass is 266 g/mol. The van der Waals surface area contributed by atoms with Crippen LogP contribution in [0.3, 0.4) is 0 Å². The number of rotatable bonds is 6. The smallest absolute Gasteiger partial charge is 0.264 e. The molecular weight excluding hydrogens is 244 g/mol. The second-order valence-electron chi connectivity index (χ2n) is 3.46. The molecule has 0 aromatic carbocycles. The predicted octanol–water partition coefficient (Wildman–Crippen LogP) is 0.312. The van der Waals surface area contributed by atoms with Crippen molar-refractivity contribution in [2.45, 2.75) is 26.7 Å². The summed E-state index contributed by atoms with van der Waals surface area (Å²) in [5, 5.41) is 2.66. The fraction of sp³-hybridized carbons (Fsp3) is 0.700. The maximum atomic E-state index is 10.8. The van der Waals surface area contributed by atoms with Crippen LogP contribution >= 0.6 is 0 Å². The van der Waals surface area contributed by atoms with Gasteiger partial charge >= 0.3 is 0 Å². The molecule has 0 saturated carbocycles. The van der Waals surface area contributed by atoms with Crippen LogP contribution in [0.2, 0.25) is 0 Å². The summed E-state index contributed by atoms with van der Waals surface area (Å²) in [6.45, 7) is 8.11. The Bertz CT molecular complexity index is 325. The molecule has 1 amide bonds. The number of carbonyl (C=O) groups is 1. The molecule has 0 heterocycles. The van der Waals surface area contributed by atoms with E-state index in [4.69, 9.17) is 10.3 Å². The number of hydrogen-bond donors (Lipinski definition) is 3. The minimum atomic E-state index is -3.67. The molecule has 0 atom stereocenters. The van der Waals surface area contributed by atoms with Gasteiger partial charge in [0.2, 0.25) is 5.91 Å². The summed E-state index contributed by atoms with van der Waals surface area (Å²) in [5.74, 6) is -0.221. The van der Waals surface area contributed by atoms with Crippen molar-refractivity contribution in [3.63, 3.8) is 0 Å². The van der Waals surface area contributed by atoms with Gasteiger partial charge in [0.1, 0.15) is 0 Å². The van der Waals surface area contributed by atoms with Crippen LogP contribution in [0, 0.1) is 0 Å². The Kier molecular flexibility index (Phi) is 11.1. The molecule has 0 aliphatic carbocycles. The lowest BCUT2D eigenvalue weighted by Crippen LogP contribution is -2.26. The summed E-state index contributed by atoms with van der Waals surface area (Å²) in [6.07, 6.45) is 1.29. The van der Waals surface area contributed by atoms with E-state index < -0.39 is 10.1 Å². The summed E-state index contributed by atoms with van der Waals surface area (Å²) in [6, 6.07) is 0. The highest BCUT2D eigenvalue weighted by molar-refractivity contribution is 7.85. The second-order valence-corrected chi connectivity index (χ2v) is 5.04. The number of hydrogen-bond acceptors (Lipinski definition) is 4. The van der Waals surface area contributed by atoms with Gasteiger partial charge in [0.25, 0.3) is 10.1 Å². The fourth-order valence-corrected chi connectivity index (χ4v) is 1.23. The van der Waals surface area contributed by atoms with E-state index >= 15 is 0 Å². The van der Waals surface area contributed by atoms with Gasteiger partial charge in [0, 0.05) is 12.1 Å². The van der Waals surface area contributed by atoms with Gasteiger partial charge in [-0.25, -0.2) is 0 Å². The Hall–Kier alpha value is -0.920. The van der Waals surface area contributed by atoms with Crippen molar-refractivity contribution >= 4 is 16.0 Å². The molecule has 0 rings (SSSR count). The Morgan fingerprint density at radius 2 is 2.00 bits per heavy atom. The molecule has 102 valence electrons. The normalized spacial score (nSPS) is 10.1. The summed E-state index contributed by atoms with van der Waals surface area (Å²) in [4.78, 5) is 10.8. The zero-order chi connectivity index (χ0) is 13.9. The third-order valence-corrected chi connectivity index (χ3v) is 2.44. The molecule has 0 aromatic rings. The molecule has 7 heteroatoms. The van der Waals surface area contributed by atoms with Crippen molar-refractivity contribution in [3.05, 3.63) is 12.2 Å². The lowest BCUT2D eigenvalue weighted by molar-refractivity contribution is -0.117. The molecule has 0 aliphatic rings. The molecule has 0 unspecified atom stereocenters. The van der Waals surface area contributed by atoms with Gasteiger partial charge in [-0.3, -0.25) is 9.35 Å². The summed E-state index contributed by atoms with van der Waals surface area (Å²) < 4.78 is 27.6. The maximum absolute atomic E-state index is 10.8. The van der Waals surface area contributed by atoms with E-state index in [9.17, 15) is 13.2 Å². The first kappa shape index (κ1) is 18.4. The van der Waals surface area contributed by atoms with Gasteiger partial charge in [-0.1, -0.05) is 13.5 Å². The molecule has 0 bridgehead atoms. The standard InChI is InChI=1S/C7H14N2O.C3H8O3S/c1-6(2)7(10)9-5-3-4-8;1-2-3-7(4,5)6/h1,3-5,8H2,2H3,(H,9,10);2-3H2,1H3,(H,4,5,6). The zero-order valence-corrected chi connectivity index (χ0v) is 11.2. The molecule has 0 aromatic heterocycles. The van der Waals surface area contributed by atoms with Gasteiger partial charge in [-0.05, 0) is 26.3 Å². The van der Waals surface area contributed by atoms with Crippen LogP contribution in [-0.2, 0) is 14.9 Å². The van der Waals surface area contributed by atoms with Gasteiger partial charge in [-0.15, -0.1) is 0 Å².